The summed E-state index contributed by atoms with van der Waals surface area (Å²) in [6.07, 6.45) is 6.49. The van der Waals surface area contributed by atoms with E-state index in [1.807, 2.05) is 17.9 Å². The van der Waals surface area contributed by atoms with Crippen molar-refractivity contribution < 1.29 is 0 Å². The quantitative estimate of drug-likeness (QED) is 0.611. The third-order valence-corrected chi connectivity index (χ3v) is 5.08. The van der Waals surface area contributed by atoms with Gasteiger partial charge in [0.2, 0.25) is 0 Å². The number of aromatic nitrogens is 2. The molecule has 2 heterocycles. The lowest BCUT2D eigenvalue weighted by molar-refractivity contribution is 0.259. The van der Waals surface area contributed by atoms with Gasteiger partial charge in [-0.1, -0.05) is 6.92 Å². The molecule has 1 N–H and O–H groups in total. The fourth-order valence-electron chi connectivity index (χ4n) is 3.15. The number of aliphatic imine (C=N–C) groups is 1. The van der Waals surface area contributed by atoms with Crippen molar-refractivity contribution in [3.8, 4) is 0 Å². The highest BCUT2D eigenvalue weighted by Crippen LogP contribution is 2.26. The van der Waals surface area contributed by atoms with Gasteiger partial charge in [-0.2, -0.15) is 5.10 Å². The van der Waals surface area contributed by atoms with Gasteiger partial charge in [-0.05, 0) is 39.3 Å². The van der Waals surface area contributed by atoms with Gasteiger partial charge in [0.15, 0.2) is 5.96 Å². The zero-order valence-corrected chi connectivity index (χ0v) is 16.0. The molecule has 0 bridgehead atoms. The van der Waals surface area contributed by atoms with Crippen LogP contribution in [0.15, 0.2) is 17.4 Å². The number of hydrogen-bond acceptors (Lipinski definition) is 3. The molecule has 2 rings (SSSR count). The summed E-state index contributed by atoms with van der Waals surface area (Å²) < 4.78 is 1.89. The van der Waals surface area contributed by atoms with E-state index >= 15 is 0 Å². The molecule has 6 heteroatoms. The molecular formula is C18H34N6. The number of hydrogen-bond donors (Lipinski definition) is 1. The van der Waals surface area contributed by atoms with Gasteiger partial charge in [-0.15, -0.1) is 0 Å². The first-order chi connectivity index (χ1) is 11.5. The minimum absolute atomic E-state index is 0.561. The molecule has 1 aliphatic heterocycles. The summed E-state index contributed by atoms with van der Waals surface area (Å²) >= 11 is 0. The van der Waals surface area contributed by atoms with Crippen molar-refractivity contribution in [2.75, 3.05) is 39.8 Å². The molecule has 24 heavy (non-hydrogen) atoms. The highest BCUT2D eigenvalue weighted by molar-refractivity contribution is 5.80. The van der Waals surface area contributed by atoms with Crippen molar-refractivity contribution in [1.29, 1.82) is 0 Å². The lowest BCUT2D eigenvalue weighted by Gasteiger charge is -2.24. The molecule has 2 atom stereocenters. The Morgan fingerprint density at radius 3 is 2.92 bits per heavy atom. The number of likely N-dealkylation sites (N-methyl/N-ethyl adjacent to an activating group) is 1. The molecule has 0 aliphatic carbocycles. The molecule has 0 spiro atoms. The zero-order chi connectivity index (χ0) is 17.5. The van der Waals surface area contributed by atoms with Crippen molar-refractivity contribution in [1.82, 2.24) is 24.9 Å². The zero-order valence-electron chi connectivity index (χ0n) is 16.0. The standard InChI is InChI=1S/C18H34N6/c1-6-15(3)22(4)11-9-20-18(19-7-2)24-10-8-16(14-24)17-12-21-23(5)13-17/h12-13,15-16H,6-11,14H2,1-5H3,(H,19,20). The van der Waals surface area contributed by atoms with E-state index in [1.54, 1.807) is 0 Å². The maximum absolute atomic E-state index is 4.85. The first-order valence-electron chi connectivity index (χ1n) is 9.27. The molecule has 136 valence electrons. The van der Waals surface area contributed by atoms with Gasteiger partial charge in [0, 0.05) is 51.4 Å². The lowest BCUT2D eigenvalue weighted by Crippen LogP contribution is -2.40. The average Bonchev–Trinajstić information content (AvgIpc) is 3.22. The van der Waals surface area contributed by atoms with Crippen LogP contribution in [-0.4, -0.2) is 71.4 Å². The summed E-state index contributed by atoms with van der Waals surface area (Å²) in [5.41, 5.74) is 1.34. The largest absolute Gasteiger partial charge is 0.357 e. The molecule has 1 aromatic rings. The van der Waals surface area contributed by atoms with E-state index in [1.165, 1.54) is 18.4 Å². The minimum Gasteiger partial charge on any atom is -0.357 e. The van der Waals surface area contributed by atoms with Crippen LogP contribution in [0, 0.1) is 0 Å². The molecule has 0 aromatic carbocycles. The second-order valence-corrected chi connectivity index (χ2v) is 6.85. The Morgan fingerprint density at radius 2 is 2.29 bits per heavy atom. The van der Waals surface area contributed by atoms with Crippen LogP contribution in [0.4, 0.5) is 0 Å². The third-order valence-electron chi connectivity index (χ3n) is 5.08. The van der Waals surface area contributed by atoms with Crippen LogP contribution < -0.4 is 5.32 Å². The predicted octanol–water partition coefficient (Wildman–Crippen LogP) is 1.91. The van der Waals surface area contributed by atoms with Crippen LogP contribution in [0.25, 0.3) is 0 Å². The predicted molar refractivity (Wildman–Crippen MR) is 101 cm³/mol. The summed E-state index contributed by atoms with van der Waals surface area (Å²) in [4.78, 5) is 9.63. The van der Waals surface area contributed by atoms with Gasteiger partial charge in [-0.3, -0.25) is 9.67 Å². The van der Waals surface area contributed by atoms with Crippen molar-refractivity contribution in [3.05, 3.63) is 18.0 Å². The molecule has 1 aliphatic rings. The Hall–Kier alpha value is -1.56. The number of rotatable bonds is 7. The highest BCUT2D eigenvalue weighted by Gasteiger charge is 2.26. The van der Waals surface area contributed by atoms with Gasteiger partial charge < -0.3 is 15.1 Å². The van der Waals surface area contributed by atoms with E-state index in [4.69, 9.17) is 4.99 Å². The van der Waals surface area contributed by atoms with E-state index < -0.39 is 0 Å². The highest BCUT2D eigenvalue weighted by atomic mass is 15.3. The van der Waals surface area contributed by atoms with Crippen LogP contribution in [0.3, 0.4) is 0 Å². The molecular weight excluding hydrogens is 300 g/mol. The fraction of sp³-hybridized carbons (Fsp3) is 0.778. The second-order valence-electron chi connectivity index (χ2n) is 6.85. The van der Waals surface area contributed by atoms with E-state index in [2.05, 4.69) is 54.2 Å². The smallest absolute Gasteiger partial charge is 0.193 e. The van der Waals surface area contributed by atoms with E-state index in [0.29, 0.717) is 12.0 Å². The summed E-state index contributed by atoms with van der Waals surface area (Å²) in [6.45, 7) is 11.5. The van der Waals surface area contributed by atoms with Crippen molar-refractivity contribution in [2.45, 2.75) is 45.6 Å². The van der Waals surface area contributed by atoms with Crippen molar-refractivity contribution in [3.63, 3.8) is 0 Å². The van der Waals surface area contributed by atoms with Crippen molar-refractivity contribution in [2.24, 2.45) is 12.0 Å². The molecule has 2 unspecified atom stereocenters. The Bertz CT molecular complexity index is 523. The second kappa shape index (κ2) is 9.06. The number of aryl methyl sites for hydroxylation is 1. The summed E-state index contributed by atoms with van der Waals surface area (Å²) in [6, 6.07) is 0.615. The van der Waals surface area contributed by atoms with Crippen LogP contribution in [0.2, 0.25) is 0 Å². The topological polar surface area (TPSA) is 48.7 Å². The van der Waals surface area contributed by atoms with Crippen molar-refractivity contribution >= 4 is 5.96 Å². The van der Waals surface area contributed by atoms with Gasteiger partial charge in [-0.25, -0.2) is 0 Å². The monoisotopic (exact) mass is 334 g/mol. The first kappa shape index (κ1) is 18.8. The molecule has 1 fully saturated rings. The Labute approximate surface area is 146 Å². The van der Waals surface area contributed by atoms with Gasteiger partial charge in [0.25, 0.3) is 0 Å². The third kappa shape index (κ3) is 4.97. The van der Waals surface area contributed by atoms with E-state index in [-0.39, 0.29) is 0 Å². The number of nitrogens with zero attached hydrogens (tertiary/aromatic N) is 5. The Kier molecular flexibility index (Phi) is 7.09. The van der Waals surface area contributed by atoms with Crippen LogP contribution in [-0.2, 0) is 7.05 Å². The summed E-state index contributed by atoms with van der Waals surface area (Å²) in [7, 11) is 4.17. The molecule has 6 nitrogen and oxygen atoms in total. The van der Waals surface area contributed by atoms with Gasteiger partial charge in [0.05, 0.1) is 12.7 Å². The maximum Gasteiger partial charge on any atom is 0.193 e. The minimum atomic E-state index is 0.561. The van der Waals surface area contributed by atoms with Gasteiger partial charge >= 0.3 is 0 Å². The van der Waals surface area contributed by atoms with Crippen LogP contribution in [0.5, 0.6) is 0 Å². The molecule has 0 amide bonds. The number of likely N-dealkylation sites (tertiary alicyclic amines) is 1. The van der Waals surface area contributed by atoms with Crippen LogP contribution in [0.1, 0.15) is 45.1 Å². The fourth-order valence-corrected chi connectivity index (χ4v) is 3.15. The first-order valence-corrected chi connectivity index (χ1v) is 9.27. The Balaban J connectivity index is 1.91. The molecule has 0 radical (unpaired) electrons. The normalized spacial score (nSPS) is 20.0. The maximum atomic E-state index is 4.85. The lowest BCUT2D eigenvalue weighted by atomic mass is 10.0. The average molecular weight is 335 g/mol. The van der Waals surface area contributed by atoms with E-state index in [0.717, 1.165) is 38.7 Å². The SMILES string of the molecule is CCNC(=NCCN(C)C(C)CC)N1CCC(c2cnn(C)c2)C1. The Morgan fingerprint density at radius 1 is 1.50 bits per heavy atom. The van der Waals surface area contributed by atoms with Gasteiger partial charge in [0.1, 0.15) is 0 Å². The van der Waals surface area contributed by atoms with Crippen LogP contribution >= 0.6 is 0 Å². The molecule has 0 saturated carbocycles. The summed E-state index contributed by atoms with van der Waals surface area (Å²) in [5, 5.41) is 7.76. The van der Waals surface area contributed by atoms with E-state index in [9.17, 15) is 0 Å². The summed E-state index contributed by atoms with van der Waals surface area (Å²) in [5.74, 6) is 1.62. The molecule has 1 aromatic heterocycles. The number of guanidine groups is 1. The number of nitrogens with one attached hydrogen (secondary N) is 1. The molecule has 1 saturated heterocycles.